The molecule has 566 valence electrons. The number of thiophene rings is 2. The van der Waals surface area contributed by atoms with Crippen molar-refractivity contribution in [2.45, 2.75) is 19.6 Å². The minimum absolute atomic E-state index is 0. The highest BCUT2D eigenvalue weighted by molar-refractivity contribution is 8.34. The maximum atomic E-state index is 6.80. The van der Waals surface area contributed by atoms with Gasteiger partial charge in [-0.1, -0.05) is 272 Å². The maximum absolute atomic E-state index is 6.80. The van der Waals surface area contributed by atoms with Crippen LogP contribution in [0.3, 0.4) is 0 Å². The number of fused-ring (bicyclic) bond motifs is 12. The Kier molecular flexibility index (Phi) is 20.9. The third-order valence-corrected chi connectivity index (χ3v) is 33.8. The van der Waals surface area contributed by atoms with Gasteiger partial charge in [0.15, 0.2) is 8.07 Å². The first-order valence-corrected chi connectivity index (χ1v) is 45.2. The van der Waals surface area contributed by atoms with Crippen LogP contribution in [0.4, 0.5) is 62.6 Å². The van der Waals surface area contributed by atoms with Crippen molar-refractivity contribution in [2.75, 3.05) is 20.0 Å². The number of nitrogens with one attached hydrogen (secondary N) is 1. The monoisotopic (exact) mass is 1620 g/mol. The molecule has 1 N–H and O–H groups in total. The van der Waals surface area contributed by atoms with Gasteiger partial charge in [0.2, 0.25) is 0 Å². The van der Waals surface area contributed by atoms with Crippen LogP contribution in [0.25, 0.3) is 62.6 Å². The molecule has 10 heteroatoms. The molecule has 4 heterocycles. The van der Waals surface area contributed by atoms with Crippen LogP contribution in [0.1, 0.15) is 0 Å². The molecule has 0 aliphatic carbocycles. The van der Waals surface area contributed by atoms with Gasteiger partial charge in [0.1, 0.15) is 0 Å². The quantitative estimate of drug-likeness (QED) is 0.0816. The SMILES string of the molecule is Clc1ccc2c(c1)[Si](c1ccccc1)(c1ccccc1)c1ccc(N(c3ccccc3)c3ccc4sc5ccccc5c4c3)cc1-2.[PH2-].c1ccc(N(c2ccccc2)c2ccc3c(c2)S(c2ccccc2)(c2ccccc2)c2ccc(N(c4ccccc4)c4ccc5sc6ccccc6c5c4)cc2-3)cc1.c1ccc(Nc2ccccc2)cc1. The Morgan fingerprint density at radius 2 is 0.576 bits per heavy atom. The van der Waals surface area contributed by atoms with E-state index in [2.05, 4.69) is 414 Å². The summed E-state index contributed by atoms with van der Waals surface area (Å²) in [6, 6.07) is 167. The second-order valence-electron chi connectivity index (χ2n) is 29.3. The van der Waals surface area contributed by atoms with Crippen molar-refractivity contribution >= 4 is 186 Å². The summed E-state index contributed by atoms with van der Waals surface area (Å²) in [5.74, 6) is 0. The van der Waals surface area contributed by atoms with E-state index < -0.39 is 18.1 Å². The Balaban J connectivity index is 0.000000137. The predicted octanol–water partition coefficient (Wildman–Crippen LogP) is 29.6. The van der Waals surface area contributed by atoms with E-state index in [1.807, 2.05) is 89.4 Å². The largest absolute Gasteiger partial charge is 0.577 e. The first-order valence-electron chi connectivity index (χ1n) is 39.5. The lowest BCUT2D eigenvalue weighted by atomic mass is 10.0. The van der Waals surface area contributed by atoms with Crippen LogP contribution in [-0.2, 0) is 0 Å². The van der Waals surface area contributed by atoms with Gasteiger partial charge < -0.3 is 29.9 Å². The fourth-order valence-corrected chi connectivity index (χ4v) is 29.3. The van der Waals surface area contributed by atoms with Crippen LogP contribution in [-0.4, -0.2) is 8.07 Å². The number of para-hydroxylation sites is 6. The van der Waals surface area contributed by atoms with Gasteiger partial charge in [0.05, 0.1) is 0 Å². The molecule has 22 rings (SSSR count). The lowest BCUT2D eigenvalue weighted by Gasteiger charge is -2.40. The highest BCUT2D eigenvalue weighted by atomic mass is 35.5. The van der Waals surface area contributed by atoms with E-state index in [1.165, 1.54) is 103 Å². The molecule has 2 aliphatic rings. The van der Waals surface area contributed by atoms with E-state index in [0.717, 1.165) is 67.6 Å². The molecule has 0 bridgehead atoms. The van der Waals surface area contributed by atoms with Crippen molar-refractivity contribution < 1.29 is 0 Å². The molecule has 0 atom stereocenters. The summed E-state index contributed by atoms with van der Waals surface area (Å²) in [7, 11) is -4.55. The Hall–Kier alpha value is -13.1. The second kappa shape index (κ2) is 32.9. The van der Waals surface area contributed by atoms with Crippen molar-refractivity contribution in [1.29, 1.82) is 0 Å². The van der Waals surface area contributed by atoms with Gasteiger partial charge in [-0.05, 0) is 243 Å². The second-order valence-corrected chi connectivity index (χ2v) is 38.6. The summed E-state index contributed by atoms with van der Waals surface area (Å²) in [6.45, 7) is 0. The molecular weight excluding hydrogens is 1540 g/mol. The van der Waals surface area contributed by atoms with Crippen molar-refractivity contribution in [2.24, 2.45) is 0 Å². The molecule has 0 saturated carbocycles. The number of hydrogen-bond acceptors (Lipinski definition) is 6. The highest BCUT2D eigenvalue weighted by Gasteiger charge is 2.49. The summed E-state index contributed by atoms with van der Waals surface area (Å²) in [4.78, 5) is 12.6. The zero-order valence-electron chi connectivity index (χ0n) is 64.4. The van der Waals surface area contributed by atoms with Gasteiger partial charge in [-0.25, -0.2) is 0 Å². The number of hydrogen-bond donors (Lipinski definition) is 1. The summed E-state index contributed by atoms with van der Waals surface area (Å²) in [5.41, 5.74) is 17.5. The smallest absolute Gasteiger partial charge is 0.180 e. The molecule has 0 saturated heterocycles. The van der Waals surface area contributed by atoms with Crippen molar-refractivity contribution in [3.8, 4) is 22.3 Å². The fraction of sp³-hybridized carbons (Fsp3) is 0. The normalized spacial score (nSPS) is 12.6. The maximum Gasteiger partial charge on any atom is 0.180 e. The lowest BCUT2D eigenvalue weighted by molar-refractivity contribution is 1.25. The van der Waals surface area contributed by atoms with Gasteiger partial charge >= 0.3 is 0 Å². The molecule has 2 aliphatic heterocycles. The highest BCUT2D eigenvalue weighted by Crippen LogP contribution is 2.80. The molecule has 118 heavy (non-hydrogen) atoms. The number of rotatable bonds is 15. The van der Waals surface area contributed by atoms with Gasteiger partial charge in [0, 0.05) is 128 Å². The van der Waals surface area contributed by atoms with Gasteiger partial charge in [0.25, 0.3) is 0 Å². The summed E-state index contributed by atoms with van der Waals surface area (Å²) in [5, 5.41) is 14.7. The number of anilines is 11. The van der Waals surface area contributed by atoms with Crippen LogP contribution < -0.4 is 40.8 Å². The Bertz CT molecular complexity index is 6780. The van der Waals surface area contributed by atoms with E-state index in [9.17, 15) is 0 Å². The molecule has 0 radical (unpaired) electrons. The van der Waals surface area contributed by atoms with E-state index in [-0.39, 0.29) is 9.90 Å². The van der Waals surface area contributed by atoms with Crippen molar-refractivity contribution in [3.05, 3.63) is 466 Å². The molecular formula is C108H79ClN4PS3Si-. The van der Waals surface area contributed by atoms with Gasteiger partial charge in [-0.15, -0.1) is 32.7 Å². The lowest BCUT2D eigenvalue weighted by Crippen LogP contribution is -2.72. The third-order valence-electron chi connectivity index (χ3n) is 22.5. The molecule has 18 aromatic carbocycles. The summed E-state index contributed by atoms with van der Waals surface area (Å²) in [6.07, 6.45) is 0. The molecule has 20 aromatic rings. The Labute approximate surface area is 708 Å². The average Bonchev–Trinajstić information content (AvgIpc) is 1.53. The van der Waals surface area contributed by atoms with Crippen molar-refractivity contribution in [3.63, 3.8) is 0 Å². The van der Waals surface area contributed by atoms with Gasteiger partial charge in [-0.2, -0.15) is 0 Å². The standard InChI is InChI=1S/C54H38N2S2.C42H28ClNSSi.C12H11N.H2P/c1-6-18-39(19-7-1)55(40-20-8-2-9-21-40)44-30-33-48-50-37-43(32-35-53(50)58(54(48)38-44,45-24-12-4-13-25-45)46-26-14-5-15-27-46)56(41-22-10-3-11-23-41)42-31-34-52-49(36-42)47-28-16-17-29-51(47)57-52;43-29-20-23-36-38-28-32(22-25-41(38)46(42(36)26-29,33-14-6-2-7-15-33)34-16-8-3-9-17-34)44(30-12-4-1-5-13-30)31-21-24-40-37(27-31)35-18-10-11-19-39(35)45-40;1-3-7-11(8-4-1)13-12-9-5-2-6-10-12;/h1-38H;1-28H;1-10,13H;1H2/q;;;-1. The number of benzene rings is 18. The minimum Gasteiger partial charge on any atom is -0.577 e. The van der Waals surface area contributed by atoms with E-state index in [4.69, 9.17) is 11.6 Å². The Morgan fingerprint density at radius 1 is 0.237 bits per heavy atom. The molecule has 4 nitrogen and oxygen atoms in total. The number of halogens is 1. The van der Waals surface area contributed by atoms with Crippen LogP contribution in [0.5, 0.6) is 0 Å². The predicted molar refractivity (Wildman–Crippen MR) is 515 cm³/mol. The van der Waals surface area contributed by atoms with Crippen LogP contribution in [0.15, 0.2) is 481 Å². The molecule has 2 aromatic heterocycles. The zero-order chi connectivity index (χ0) is 78.1. The van der Waals surface area contributed by atoms with Gasteiger partial charge in [-0.3, -0.25) is 0 Å². The molecule has 0 spiro atoms. The summed E-state index contributed by atoms with van der Waals surface area (Å²) < 4.78 is 5.24. The van der Waals surface area contributed by atoms with Crippen LogP contribution in [0.2, 0.25) is 5.02 Å². The molecule has 0 amide bonds. The number of nitrogens with zero attached hydrogens (tertiary/aromatic N) is 3. The zero-order valence-corrected chi connectivity index (χ0v) is 69.8. The summed E-state index contributed by atoms with van der Waals surface area (Å²) >= 11 is 10.5. The first-order chi connectivity index (χ1) is 57.9. The molecule has 0 unspecified atom stereocenters. The van der Waals surface area contributed by atoms with Crippen molar-refractivity contribution in [1.82, 2.24) is 0 Å². The first kappa shape index (κ1) is 75.0. The van der Waals surface area contributed by atoms with E-state index in [0.29, 0.717) is 0 Å². The minimum atomic E-state index is -2.63. The molecule has 0 fully saturated rings. The van der Waals surface area contributed by atoms with E-state index >= 15 is 0 Å². The third kappa shape index (κ3) is 13.7. The van der Waals surface area contributed by atoms with Crippen LogP contribution >= 0.6 is 54.2 Å². The fourth-order valence-electron chi connectivity index (χ4n) is 17.4. The Morgan fingerprint density at radius 3 is 1.03 bits per heavy atom. The topological polar surface area (TPSA) is 21.8 Å². The average molecular weight is 1620 g/mol. The van der Waals surface area contributed by atoms with E-state index in [1.54, 1.807) is 0 Å². The van der Waals surface area contributed by atoms with Crippen LogP contribution in [0, 0.1) is 0 Å².